The van der Waals surface area contributed by atoms with E-state index in [0.717, 1.165) is 51.4 Å². The Kier molecular flexibility index (Phi) is 57.0. The average molecular weight is 971 g/mol. The van der Waals surface area contributed by atoms with Gasteiger partial charge in [0, 0.05) is 12.8 Å². The van der Waals surface area contributed by atoms with Crippen LogP contribution in [0.5, 0.6) is 0 Å². The van der Waals surface area contributed by atoms with Gasteiger partial charge in [-0.1, -0.05) is 288 Å². The number of allylic oxidation sites excluding steroid dienone is 5. The van der Waals surface area contributed by atoms with E-state index in [9.17, 15) is 19.8 Å². The highest BCUT2D eigenvalue weighted by molar-refractivity contribution is 5.76. The van der Waals surface area contributed by atoms with Gasteiger partial charge in [0.15, 0.2) is 0 Å². The van der Waals surface area contributed by atoms with E-state index in [0.29, 0.717) is 25.9 Å². The molecule has 0 heterocycles. The molecule has 0 aromatic carbocycles. The third-order valence-corrected chi connectivity index (χ3v) is 14.2. The maximum absolute atomic E-state index is 12.5. The number of aliphatic hydroxyl groups is 2. The van der Waals surface area contributed by atoms with E-state index in [-0.39, 0.29) is 18.5 Å². The largest absolute Gasteiger partial charge is 0.465 e. The van der Waals surface area contributed by atoms with Gasteiger partial charge in [0.25, 0.3) is 0 Å². The van der Waals surface area contributed by atoms with Crippen molar-refractivity contribution in [2.45, 2.75) is 341 Å². The second-order valence-corrected chi connectivity index (χ2v) is 21.0. The van der Waals surface area contributed by atoms with E-state index >= 15 is 0 Å². The van der Waals surface area contributed by atoms with E-state index in [1.54, 1.807) is 0 Å². The SMILES string of the molecule is CCCC/C=C\CCCCCCCC(=O)OCC/C=C\C/C=C\CCCCCCCCCCCCCCCCC(=O)NC(CO)C(O)CCCCCCCCCCCCCCCCCCCCCC. The molecule has 0 bridgehead atoms. The number of rotatable bonds is 57. The molecule has 0 aliphatic rings. The molecular formula is C63H119NO5. The van der Waals surface area contributed by atoms with Crippen LogP contribution >= 0.6 is 0 Å². The molecule has 0 aliphatic carbocycles. The molecule has 0 spiro atoms. The fraction of sp³-hybridized carbons (Fsp3) is 0.873. The number of nitrogens with one attached hydrogen (secondary N) is 1. The van der Waals surface area contributed by atoms with Gasteiger partial charge in [-0.25, -0.2) is 0 Å². The minimum Gasteiger partial charge on any atom is -0.465 e. The summed E-state index contributed by atoms with van der Waals surface area (Å²) in [6.07, 6.45) is 73.1. The van der Waals surface area contributed by atoms with Crippen molar-refractivity contribution in [3.8, 4) is 0 Å². The Morgan fingerprint density at radius 3 is 1.16 bits per heavy atom. The third kappa shape index (κ3) is 55.2. The lowest BCUT2D eigenvalue weighted by Gasteiger charge is -2.22. The normalized spacial score (nSPS) is 12.8. The maximum Gasteiger partial charge on any atom is 0.305 e. The quantitative estimate of drug-likeness (QED) is 0.0321. The summed E-state index contributed by atoms with van der Waals surface area (Å²) in [5, 5.41) is 23.4. The molecule has 2 atom stereocenters. The summed E-state index contributed by atoms with van der Waals surface area (Å²) in [4.78, 5) is 24.5. The predicted octanol–water partition coefficient (Wildman–Crippen LogP) is 19.2. The Labute approximate surface area is 430 Å². The Hall–Kier alpha value is -1.92. The first-order valence-corrected chi connectivity index (χ1v) is 30.7. The van der Waals surface area contributed by atoms with Crippen LogP contribution < -0.4 is 5.32 Å². The minimum atomic E-state index is -0.669. The highest BCUT2D eigenvalue weighted by atomic mass is 16.5. The fourth-order valence-electron chi connectivity index (χ4n) is 9.46. The minimum absolute atomic E-state index is 0.0373. The molecule has 0 saturated heterocycles. The zero-order valence-corrected chi connectivity index (χ0v) is 46.3. The van der Waals surface area contributed by atoms with Gasteiger partial charge in [0.1, 0.15) is 0 Å². The van der Waals surface area contributed by atoms with Crippen molar-refractivity contribution in [1.29, 1.82) is 0 Å². The Morgan fingerprint density at radius 2 is 0.739 bits per heavy atom. The number of esters is 1. The Balaban J connectivity index is 3.46. The fourth-order valence-corrected chi connectivity index (χ4v) is 9.46. The molecule has 0 radical (unpaired) electrons. The molecule has 0 fully saturated rings. The lowest BCUT2D eigenvalue weighted by atomic mass is 10.0. The van der Waals surface area contributed by atoms with Crippen LogP contribution in [0, 0.1) is 0 Å². The summed E-state index contributed by atoms with van der Waals surface area (Å²) in [6, 6.07) is -0.546. The van der Waals surface area contributed by atoms with Crippen molar-refractivity contribution in [1.82, 2.24) is 5.32 Å². The maximum atomic E-state index is 12.5. The van der Waals surface area contributed by atoms with Crippen LogP contribution in [0.25, 0.3) is 0 Å². The topological polar surface area (TPSA) is 95.9 Å². The van der Waals surface area contributed by atoms with Crippen LogP contribution in [-0.2, 0) is 14.3 Å². The number of unbranched alkanes of at least 4 members (excludes halogenated alkanes) is 40. The number of carbonyl (C=O) groups excluding carboxylic acids is 2. The highest BCUT2D eigenvalue weighted by Gasteiger charge is 2.20. The first-order chi connectivity index (χ1) is 34.0. The number of hydrogen-bond acceptors (Lipinski definition) is 5. The summed E-state index contributed by atoms with van der Waals surface area (Å²) >= 11 is 0. The van der Waals surface area contributed by atoms with Gasteiger partial charge in [-0.3, -0.25) is 9.59 Å². The molecule has 69 heavy (non-hydrogen) atoms. The smallest absolute Gasteiger partial charge is 0.305 e. The van der Waals surface area contributed by atoms with Crippen molar-refractivity contribution < 1.29 is 24.5 Å². The molecule has 1 amide bonds. The van der Waals surface area contributed by atoms with Crippen molar-refractivity contribution in [3.05, 3.63) is 36.5 Å². The van der Waals surface area contributed by atoms with E-state index in [2.05, 4.69) is 55.6 Å². The number of aliphatic hydroxyl groups excluding tert-OH is 2. The molecule has 3 N–H and O–H groups in total. The second kappa shape index (κ2) is 58.6. The summed E-state index contributed by atoms with van der Waals surface area (Å²) in [5.74, 6) is -0.0834. The molecular weight excluding hydrogens is 851 g/mol. The molecule has 0 rings (SSSR count). The zero-order chi connectivity index (χ0) is 50.0. The Morgan fingerprint density at radius 1 is 0.406 bits per heavy atom. The van der Waals surface area contributed by atoms with Crippen molar-refractivity contribution in [2.24, 2.45) is 0 Å². The lowest BCUT2D eigenvalue weighted by molar-refractivity contribution is -0.143. The van der Waals surface area contributed by atoms with Crippen molar-refractivity contribution >= 4 is 11.9 Å². The molecule has 6 heteroatoms. The molecule has 0 aromatic heterocycles. The molecule has 0 aromatic rings. The van der Waals surface area contributed by atoms with E-state index in [1.165, 1.54) is 244 Å². The van der Waals surface area contributed by atoms with Gasteiger partial charge in [-0.15, -0.1) is 0 Å². The number of ether oxygens (including phenoxy) is 1. The van der Waals surface area contributed by atoms with E-state index in [4.69, 9.17) is 4.74 Å². The first-order valence-electron chi connectivity index (χ1n) is 30.7. The summed E-state index contributed by atoms with van der Waals surface area (Å²) < 4.78 is 5.39. The lowest BCUT2D eigenvalue weighted by Crippen LogP contribution is -2.45. The van der Waals surface area contributed by atoms with Crippen LogP contribution in [0.3, 0.4) is 0 Å². The van der Waals surface area contributed by atoms with Crippen molar-refractivity contribution in [3.63, 3.8) is 0 Å². The van der Waals surface area contributed by atoms with E-state index < -0.39 is 12.1 Å². The van der Waals surface area contributed by atoms with Gasteiger partial charge in [0.2, 0.25) is 5.91 Å². The standard InChI is InChI=1S/C63H119NO5/c1-3-5-7-9-11-13-15-16-17-18-19-23-26-29-32-36-39-43-47-51-55-61(66)60(59-65)64-62(67)56-52-48-44-40-37-33-30-27-24-21-20-22-25-28-31-34-38-42-46-50-54-58-69-63(68)57-53-49-45-41-35-14-12-10-8-6-4-2/h10,12,34,38,46,50,60-61,65-66H,3-9,11,13-33,35-37,39-45,47-49,51-59H2,1-2H3,(H,64,67)/b12-10-,38-34-,50-46-. The van der Waals surface area contributed by atoms with Crippen LogP contribution in [-0.4, -0.2) is 47.4 Å². The summed E-state index contributed by atoms with van der Waals surface area (Å²) in [5.41, 5.74) is 0. The third-order valence-electron chi connectivity index (χ3n) is 14.2. The van der Waals surface area contributed by atoms with Crippen LogP contribution in [0.2, 0.25) is 0 Å². The van der Waals surface area contributed by atoms with Gasteiger partial charge < -0.3 is 20.3 Å². The zero-order valence-electron chi connectivity index (χ0n) is 46.3. The van der Waals surface area contributed by atoms with Crippen molar-refractivity contribution in [2.75, 3.05) is 13.2 Å². The number of carbonyl (C=O) groups is 2. The molecule has 406 valence electrons. The summed E-state index contributed by atoms with van der Waals surface area (Å²) in [7, 11) is 0. The molecule has 0 saturated carbocycles. The number of hydrogen-bond donors (Lipinski definition) is 3. The van der Waals surface area contributed by atoms with Crippen LogP contribution in [0.4, 0.5) is 0 Å². The van der Waals surface area contributed by atoms with Gasteiger partial charge in [-0.2, -0.15) is 0 Å². The molecule has 2 unspecified atom stereocenters. The van der Waals surface area contributed by atoms with Gasteiger partial charge in [-0.05, 0) is 64.2 Å². The highest BCUT2D eigenvalue weighted by Crippen LogP contribution is 2.18. The van der Waals surface area contributed by atoms with E-state index in [1.807, 2.05) is 0 Å². The monoisotopic (exact) mass is 970 g/mol. The van der Waals surface area contributed by atoms with Crippen LogP contribution in [0.15, 0.2) is 36.5 Å². The predicted molar refractivity (Wildman–Crippen MR) is 301 cm³/mol. The molecule has 0 aliphatic heterocycles. The first kappa shape index (κ1) is 67.1. The van der Waals surface area contributed by atoms with Crippen LogP contribution in [0.1, 0.15) is 328 Å². The summed E-state index contributed by atoms with van der Waals surface area (Å²) in [6.45, 7) is 4.82. The Bertz CT molecular complexity index is 1120. The number of amides is 1. The van der Waals surface area contributed by atoms with Gasteiger partial charge >= 0.3 is 5.97 Å². The average Bonchev–Trinajstić information content (AvgIpc) is 3.35. The molecule has 6 nitrogen and oxygen atoms in total. The second-order valence-electron chi connectivity index (χ2n) is 21.0. The van der Waals surface area contributed by atoms with Gasteiger partial charge in [0.05, 0.1) is 25.4 Å².